The highest BCUT2D eigenvalue weighted by molar-refractivity contribution is 6.08. The van der Waals surface area contributed by atoms with Crippen LogP contribution < -0.4 is 31.9 Å². The van der Waals surface area contributed by atoms with Crippen molar-refractivity contribution in [2.24, 2.45) is 9.98 Å². The van der Waals surface area contributed by atoms with Crippen LogP contribution in [0.15, 0.2) is 76.7 Å². The van der Waals surface area contributed by atoms with Gasteiger partial charge in [-0.25, -0.2) is 9.59 Å². The first-order valence-corrected chi connectivity index (χ1v) is 12.8. The van der Waals surface area contributed by atoms with Gasteiger partial charge >= 0.3 is 12.1 Å². The second-order valence-corrected chi connectivity index (χ2v) is 8.91. The van der Waals surface area contributed by atoms with Gasteiger partial charge < -0.3 is 31.9 Å². The van der Waals surface area contributed by atoms with Crippen molar-refractivity contribution >= 4 is 52.3 Å². The summed E-state index contributed by atoms with van der Waals surface area (Å²) in [4.78, 5) is 46.6. The van der Waals surface area contributed by atoms with Crippen LogP contribution in [0.1, 0.15) is 34.3 Å². The Morgan fingerprint density at radius 1 is 0.775 bits per heavy atom. The van der Waals surface area contributed by atoms with E-state index < -0.39 is 12.1 Å². The maximum atomic E-state index is 12.8. The molecule has 0 aromatic heterocycles. The molecule has 11 heteroatoms. The molecule has 3 aromatic rings. The van der Waals surface area contributed by atoms with Crippen molar-refractivity contribution in [1.29, 1.82) is 0 Å². The second-order valence-electron chi connectivity index (χ2n) is 8.91. The average Bonchev–Trinajstić information content (AvgIpc) is 3.50. The molecule has 0 radical (unpaired) electrons. The lowest BCUT2D eigenvalue weighted by atomic mass is 10.1. The Morgan fingerprint density at radius 3 is 2.10 bits per heavy atom. The van der Waals surface area contributed by atoms with Crippen LogP contribution in [-0.4, -0.2) is 57.2 Å². The monoisotopic (exact) mass is 540 g/mol. The third-order valence-electron chi connectivity index (χ3n) is 6.20. The molecule has 6 N–H and O–H groups in total. The molecule has 1 aliphatic heterocycles. The minimum atomic E-state index is -0.552. The summed E-state index contributed by atoms with van der Waals surface area (Å²) in [6, 6.07) is 18.3. The number of aliphatic imine (C=N–C) groups is 2. The lowest BCUT2D eigenvalue weighted by Gasteiger charge is -2.14. The number of nitrogens with one attached hydrogen (secondary N) is 6. The zero-order valence-electron chi connectivity index (χ0n) is 22.6. The minimum absolute atomic E-state index is 0.225. The third-order valence-corrected chi connectivity index (χ3v) is 6.20. The summed E-state index contributed by atoms with van der Waals surface area (Å²) < 4.78 is 0. The van der Waals surface area contributed by atoms with Crippen molar-refractivity contribution in [3.05, 3.63) is 83.4 Å². The largest absolute Gasteiger partial charge is 0.373 e. The number of carbonyl (C=O) groups is 3. The Hall–Kier alpha value is -5.19. The smallest absolute Gasteiger partial charge is 0.323 e. The molecule has 0 fully saturated rings. The molecule has 3 aromatic carbocycles. The Morgan fingerprint density at radius 2 is 1.45 bits per heavy atom. The fourth-order valence-corrected chi connectivity index (χ4v) is 4.28. The zero-order chi connectivity index (χ0) is 28.5. The number of nitrogens with zero attached hydrogens (tertiary/aromatic N) is 2. The molecule has 0 saturated heterocycles. The van der Waals surface area contributed by atoms with E-state index in [-0.39, 0.29) is 17.2 Å². The molecule has 0 unspecified atom stereocenters. The van der Waals surface area contributed by atoms with Gasteiger partial charge in [-0.2, -0.15) is 0 Å². The number of rotatable bonds is 7. The predicted octanol–water partition coefficient (Wildman–Crippen LogP) is 4.51. The first-order chi connectivity index (χ1) is 19.4. The summed E-state index contributed by atoms with van der Waals surface area (Å²) in [5.41, 5.74) is 4.92. The van der Waals surface area contributed by atoms with Crippen molar-refractivity contribution < 1.29 is 14.4 Å². The fraction of sp³-hybridized carbons (Fsp3) is 0.207. The molecule has 0 atom stereocenters. The van der Waals surface area contributed by atoms with Crippen molar-refractivity contribution in [3.63, 3.8) is 0 Å². The number of hydrogen-bond donors (Lipinski definition) is 6. The molecule has 11 nitrogen and oxygen atoms in total. The Bertz CT molecular complexity index is 1460. The number of amides is 5. The number of urea groups is 2. The molecular weight excluding hydrogens is 508 g/mol. The van der Waals surface area contributed by atoms with Crippen LogP contribution in [0.25, 0.3) is 0 Å². The quantitative estimate of drug-likeness (QED) is 0.193. The molecule has 40 heavy (non-hydrogen) atoms. The Labute approximate surface area is 232 Å². The van der Waals surface area contributed by atoms with Crippen LogP contribution in [0.4, 0.5) is 32.3 Å². The Kier molecular flexibility index (Phi) is 9.08. The van der Waals surface area contributed by atoms with Gasteiger partial charge in [0.05, 0.1) is 11.3 Å². The summed E-state index contributed by atoms with van der Waals surface area (Å²) in [5, 5.41) is 16.6. The van der Waals surface area contributed by atoms with E-state index in [1.807, 2.05) is 30.3 Å². The van der Waals surface area contributed by atoms with E-state index >= 15 is 0 Å². The van der Waals surface area contributed by atoms with Crippen LogP contribution in [0.3, 0.4) is 0 Å². The van der Waals surface area contributed by atoms with E-state index in [0.717, 1.165) is 42.1 Å². The van der Waals surface area contributed by atoms with Crippen molar-refractivity contribution in [2.75, 3.05) is 49.0 Å². The molecule has 206 valence electrons. The molecule has 0 saturated carbocycles. The van der Waals surface area contributed by atoms with Crippen LogP contribution in [0.2, 0.25) is 0 Å². The zero-order valence-corrected chi connectivity index (χ0v) is 22.6. The number of amidine groups is 1. The van der Waals surface area contributed by atoms with Crippen molar-refractivity contribution in [1.82, 2.24) is 10.6 Å². The van der Waals surface area contributed by atoms with Gasteiger partial charge in [0.15, 0.2) is 0 Å². The summed E-state index contributed by atoms with van der Waals surface area (Å²) >= 11 is 0. The highest BCUT2D eigenvalue weighted by Gasteiger charge is 2.15. The summed E-state index contributed by atoms with van der Waals surface area (Å²) in [6.45, 7) is 0.825. The van der Waals surface area contributed by atoms with E-state index in [1.54, 1.807) is 38.4 Å². The first kappa shape index (κ1) is 27.8. The predicted molar refractivity (Wildman–Crippen MR) is 160 cm³/mol. The van der Waals surface area contributed by atoms with E-state index in [0.29, 0.717) is 17.1 Å². The molecule has 5 amide bonds. The van der Waals surface area contributed by atoms with Gasteiger partial charge in [-0.15, -0.1) is 0 Å². The van der Waals surface area contributed by atoms with Gasteiger partial charge in [-0.05, 0) is 73.0 Å². The van der Waals surface area contributed by atoms with Crippen LogP contribution in [0, 0.1) is 0 Å². The van der Waals surface area contributed by atoms with Gasteiger partial charge in [0.1, 0.15) is 5.84 Å². The SMILES string of the molecule is CN=C(NC)c1ccc(NC(=O)Nc2cc(NC(=O)Nc3cccc(C4=NCCC4)c3)ccc2C(=O)NC)cc1. The molecule has 0 bridgehead atoms. The Balaban J connectivity index is 1.44. The van der Waals surface area contributed by atoms with Gasteiger partial charge in [-0.1, -0.05) is 12.1 Å². The number of anilines is 4. The van der Waals surface area contributed by atoms with Gasteiger partial charge in [0.2, 0.25) is 0 Å². The number of carbonyl (C=O) groups excluding carboxylic acids is 3. The van der Waals surface area contributed by atoms with Crippen molar-refractivity contribution in [3.8, 4) is 0 Å². The lowest BCUT2D eigenvalue weighted by molar-refractivity contribution is 0.0964. The van der Waals surface area contributed by atoms with Crippen LogP contribution >= 0.6 is 0 Å². The summed E-state index contributed by atoms with van der Waals surface area (Å²) in [7, 11) is 4.97. The maximum Gasteiger partial charge on any atom is 0.323 e. The van der Waals surface area contributed by atoms with E-state index in [2.05, 4.69) is 41.9 Å². The van der Waals surface area contributed by atoms with Gasteiger partial charge in [0, 0.05) is 56.0 Å². The topological polar surface area (TPSA) is 148 Å². The third kappa shape index (κ3) is 7.01. The molecule has 1 heterocycles. The molecule has 1 aliphatic rings. The summed E-state index contributed by atoms with van der Waals surface area (Å²) in [5.74, 6) is 0.330. The number of hydrogen-bond acceptors (Lipinski definition) is 5. The number of benzene rings is 3. The molecule has 0 spiro atoms. The first-order valence-electron chi connectivity index (χ1n) is 12.8. The summed E-state index contributed by atoms with van der Waals surface area (Å²) in [6.07, 6.45) is 1.96. The highest BCUT2D eigenvalue weighted by Crippen LogP contribution is 2.23. The normalized spacial score (nSPS) is 12.7. The average molecular weight is 541 g/mol. The molecular formula is C29H32N8O3. The van der Waals surface area contributed by atoms with Crippen LogP contribution in [0.5, 0.6) is 0 Å². The second kappa shape index (κ2) is 13.1. The van der Waals surface area contributed by atoms with E-state index in [4.69, 9.17) is 0 Å². The molecule has 4 rings (SSSR count). The van der Waals surface area contributed by atoms with E-state index in [1.165, 1.54) is 19.2 Å². The molecule has 0 aliphatic carbocycles. The maximum absolute atomic E-state index is 12.8. The lowest BCUT2D eigenvalue weighted by Crippen LogP contribution is -2.25. The highest BCUT2D eigenvalue weighted by atomic mass is 16.2. The standard InChI is InChI=1S/C29H32N8O3/c1-30-26(31-2)18-9-11-20(12-10-18)34-29(40)37-25-17-22(13-14-23(25)27(38)32-3)36-28(39)35-21-7-4-6-19(16-21)24-8-5-15-33-24/h4,6-7,9-14,16-17H,5,8,15H2,1-3H3,(H,30,31)(H,32,38)(H2,34,37,40)(H2,35,36,39). The van der Waals surface area contributed by atoms with Gasteiger partial charge in [-0.3, -0.25) is 14.8 Å². The van der Waals surface area contributed by atoms with Crippen LogP contribution in [-0.2, 0) is 0 Å². The fourth-order valence-electron chi connectivity index (χ4n) is 4.28. The van der Waals surface area contributed by atoms with Crippen molar-refractivity contribution in [2.45, 2.75) is 12.8 Å². The minimum Gasteiger partial charge on any atom is -0.373 e. The van der Waals surface area contributed by atoms with E-state index in [9.17, 15) is 14.4 Å². The van der Waals surface area contributed by atoms with Gasteiger partial charge in [0.25, 0.3) is 5.91 Å².